The van der Waals surface area contributed by atoms with Crippen LogP contribution in [-0.4, -0.2) is 27.5 Å². The number of carbonyl (C=O) groups excluding carboxylic acids is 1. The molecule has 1 aliphatic rings. The molecule has 0 fully saturated rings. The van der Waals surface area contributed by atoms with Crippen molar-refractivity contribution in [1.29, 1.82) is 0 Å². The van der Waals surface area contributed by atoms with Crippen molar-refractivity contribution in [2.75, 3.05) is 16.2 Å². The molecule has 9 heteroatoms. The van der Waals surface area contributed by atoms with Crippen LogP contribution in [0.2, 0.25) is 0 Å². The number of nitrogens with one attached hydrogen (secondary N) is 1. The minimum atomic E-state index is -3.86. The fourth-order valence-electron chi connectivity index (χ4n) is 2.99. The summed E-state index contributed by atoms with van der Waals surface area (Å²) in [6.45, 7) is -0.861. The van der Waals surface area contributed by atoms with Crippen molar-refractivity contribution in [3.8, 4) is 5.75 Å². The number of aryl methyl sites for hydroxylation is 1. The number of hydrogen-bond donors (Lipinski definition) is 1. The van der Waals surface area contributed by atoms with Crippen LogP contribution >= 0.6 is 0 Å². The summed E-state index contributed by atoms with van der Waals surface area (Å²) in [7, 11) is -3.86. The van der Waals surface area contributed by atoms with E-state index in [9.17, 15) is 22.0 Å². The lowest BCUT2D eigenvalue weighted by Gasteiger charge is -2.28. The molecule has 0 aliphatic carbocycles. The van der Waals surface area contributed by atoms with Gasteiger partial charge in [-0.15, -0.1) is 0 Å². The van der Waals surface area contributed by atoms with Crippen LogP contribution < -0.4 is 14.4 Å². The highest BCUT2D eigenvalue weighted by Crippen LogP contribution is 2.30. The van der Waals surface area contributed by atoms with E-state index in [0.29, 0.717) is 13.0 Å². The molecular formula is C18H18F2N2O4S. The molecule has 2 aromatic carbocycles. The van der Waals surface area contributed by atoms with Crippen LogP contribution in [0, 0.1) is 0 Å². The van der Waals surface area contributed by atoms with E-state index in [0.717, 1.165) is 17.7 Å². The van der Waals surface area contributed by atoms with Crippen LogP contribution in [0.25, 0.3) is 0 Å². The molecule has 0 aromatic heterocycles. The van der Waals surface area contributed by atoms with E-state index in [4.69, 9.17) is 0 Å². The van der Waals surface area contributed by atoms with Gasteiger partial charge in [-0.1, -0.05) is 0 Å². The minimum Gasteiger partial charge on any atom is -0.435 e. The van der Waals surface area contributed by atoms with Gasteiger partial charge in [-0.05, 0) is 60.9 Å². The van der Waals surface area contributed by atoms with Gasteiger partial charge >= 0.3 is 6.61 Å². The van der Waals surface area contributed by atoms with Crippen molar-refractivity contribution in [2.24, 2.45) is 0 Å². The number of alkyl halides is 2. The molecule has 144 valence electrons. The molecule has 0 atom stereocenters. The highest BCUT2D eigenvalue weighted by atomic mass is 32.2. The van der Waals surface area contributed by atoms with E-state index in [1.807, 2.05) is 0 Å². The summed E-state index contributed by atoms with van der Waals surface area (Å²) < 4.78 is 56.2. The average molecular weight is 396 g/mol. The Hall–Kier alpha value is -2.68. The first-order chi connectivity index (χ1) is 12.8. The maximum absolute atomic E-state index is 12.6. The highest BCUT2D eigenvalue weighted by Gasteiger charge is 2.23. The third-order valence-corrected chi connectivity index (χ3v) is 5.57. The smallest absolute Gasteiger partial charge is 0.387 e. The first kappa shape index (κ1) is 19.1. The summed E-state index contributed by atoms with van der Waals surface area (Å²) in [6.07, 6.45) is 1.44. The molecule has 6 nitrogen and oxygen atoms in total. The topological polar surface area (TPSA) is 75.7 Å². The number of fused-ring (bicyclic) bond motifs is 1. The molecule has 3 rings (SSSR count). The first-order valence-electron chi connectivity index (χ1n) is 8.25. The van der Waals surface area contributed by atoms with Crippen molar-refractivity contribution >= 4 is 27.3 Å². The van der Waals surface area contributed by atoms with Gasteiger partial charge in [0.1, 0.15) is 5.75 Å². The summed E-state index contributed by atoms with van der Waals surface area (Å²) in [6, 6.07) is 9.81. The van der Waals surface area contributed by atoms with Crippen LogP contribution in [0.5, 0.6) is 5.75 Å². The Kier molecular flexibility index (Phi) is 5.31. The van der Waals surface area contributed by atoms with Crippen molar-refractivity contribution < 1.29 is 26.7 Å². The van der Waals surface area contributed by atoms with Gasteiger partial charge < -0.3 is 9.64 Å². The quantitative estimate of drug-likeness (QED) is 0.841. The molecule has 0 saturated carbocycles. The molecule has 0 bridgehead atoms. The Bertz CT molecular complexity index is 946. The third kappa shape index (κ3) is 4.36. The number of hydrogen-bond acceptors (Lipinski definition) is 4. The largest absolute Gasteiger partial charge is 0.435 e. The number of amides is 1. The van der Waals surface area contributed by atoms with Crippen LogP contribution in [0.3, 0.4) is 0 Å². The molecule has 27 heavy (non-hydrogen) atoms. The van der Waals surface area contributed by atoms with Crippen molar-refractivity contribution in [3.63, 3.8) is 0 Å². The van der Waals surface area contributed by atoms with Crippen LogP contribution in [0.4, 0.5) is 20.2 Å². The number of ether oxygens (including phenoxy) is 1. The second-order valence-corrected chi connectivity index (χ2v) is 7.76. The average Bonchev–Trinajstić information content (AvgIpc) is 2.61. The molecule has 1 heterocycles. The van der Waals surface area contributed by atoms with Gasteiger partial charge in [-0.2, -0.15) is 8.78 Å². The van der Waals surface area contributed by atoms with E-state index in [-0.39, 0.29) is 22.2 Å². The molecule has 1 aliphatic heterocycles. The van der Waals surface area contributed by atoms with Gasteiger partial charge in [0.15, 0.2) is 0 Å². The Morgan fingerprint density at radius 1 is 1.19 bits per heavy atom. The number of halogens is 2. The number of anilines is 2. The monoisotopic (exact) mass is 396 g/mol. The lowest BCUT2D eigenvalue weighted by atomic mass is 10.0. The van der Waals surface area contributed by atoms with E-state index in [1.165, 1.54) is 37.3 Å². The summed E-state index contributed by atoms with van der Waals surface area (Å²) in [5, 5.41) is 0. The lowest BCUT2D eigenvalue weighted by molar-refractivity contribution is -0.116. The van der Waals surface area contributed by atoms with Crippen molar-refractivity contribution in [2.45, 2.75) is 31.3 Å². The van der Waals surface area contributed by atoms with Crippen LogP contribution in [0.15, 0.2) is 47.4 Å². The zero-order chi connectivity index (χ0) is 19.6. The summed E-state index contributed by atoms with van der Waals surface area (Å²) >= 11 is 0. The number of nitrogens with zero attached hydrogens (tertiary/aromatic N) is 1. The van der Waals surface area contributed by atoms with E-state index >= 15 is 0 Å². The Morgan fingerprint density at radius 3 is 2.52 bits per heavy atom. The number of sulfonamides is 1. The molecule has 2 aromatic rings. The van der Waals surface area contributed by atoms with Crippen molar-refractivity contribution in [1.82, 2.24) is 0 Å². The molecule has 0 radical (unpaired) electrons. The van der Waals surface area contributed by atoms with E-state index < -0.39 is 16.6 Å². The molecule has 1 amide bonds. The number of carbonyl (C=O) groups is 1. The van der Waals surface area contributed by atoms with Crippen molar-refractivity contribution in [3.05, 3.63) is 48.0 Å². The maximum atomic E-state index is 12.6. The highest BCUT2D eigenvalue weighted by molar-refractivity contribution is 7.92. The van der Waals surface area contributed by atoms with Gasteiger partial charge in [0, 0.05) is 24.8 Å². The van der Waals surface area contributed by atoms with Crippen LogP contribution in [-0.2, 0) is 21.2 Å². The molecular weight excluding hydrogens is 378 g/mol. The fraction of sp³-hybridized carbons (Fsp3) is 0.278. The zero-order valence-corrected chi connectivity index (χ0v) is 15.3. The normalized spacial score (nSPS) is 14.0. The summed E-state index contributed by atoms with van der Waals surface area (Å²) in [5.41, 5.74) is 1.74. The minimum absolute atomic E-state index is 0.0638. The predicted molar refractivity (Wildman–Crippen MR) is 96.7 cm³/mol. The number of rotatable bonds is 5. The molecule has 0 saturated heterocycles. The Morgan fingerprint density at radius 2 is 1.89 bits per heavy atom. The second-order valence-electron chi connectivity index (χ2n) is 6.07. The second kappa shape index (κ2) is 7.51. The molecule has 0 unspecified atom stereocenters. The van der Waals surface area contributed by atoms with Crippen LogP contribution in [0.1, 0.15) is 18.9 Å². The van der Waals surface area contributed by atoms with Gasteiger partial charge in [0.05, 0.1) is 4.90 Å². The van der Waals surface area contributed by atoms with E-state index in [2.05, 4.69) is 9.46 Å². The summed E-state index contributed by atoms with van der Waals surface area (Å²) in [5.74, 6) is -0.151. The number of benzene rings is 2. The fourth-order valence-corrected chi connectivity index (χ4v) is 4.10. The SMILES string of the molecule is CC(=O)N1CCCc2cc(S(=O)(=O)Nc3ccc(OC(F)F)cc3)ccc21. The van der Waals surface area contributed by atoms with Gasteiger partial charge in [0.25, 0.3) is 10.0 Å². The van der Waals surface area contributed by atoms with Gasteiger partial charge in [-0.25, -0.2) is 8.42 Å². The molecule has 1 N–H and O–H groups in total. The Labute approximate surface area is 155 Å². The van der Waals surface area contributed by atoms with E-state index in [1.54, 1.807) is 17.0 Å². The zero-order valence-electron chi connectivity index (χ0n) is 14.5. The van der Waals surface area contributed by atoms with Gasteiger partial charge in [-0.3, -0.25) is 9.52 Å². The maximum Gasteiger partial charge on any atom is 0.387 e. The summed E-state index contributed by atoms with van der Waals surface area (Å²) in [4.78, 5) is 13.4. The predicted octanol–water partition coefficient (Wildman–Crippen LogP) is 3.39. The standard InChI is InChI=1S/C18H18F2N2O4S/c1-12(23)22-10-2-3-13-11-16(8-9-17(13)22)27(24,25)21-14-4-6-15(7-5-14)26-18(19)20/h4-9,11,18,21H,2-3,10H2,1H3. The third-order valence-electron chi connectivity index (χ3n) is 4.19. The lowest BCUT2D eigenvalue weighted by Crippen LogP contribution is -2.33. The first-order valence-corrected chi connectivity index (χ1v) is 9.73. The molecule has 0 spiro atoms. The Balaban J connectivity index is 1.82. The van der Waals surface area contributed by atoms with Gasteiger partial charge in [0.2, 0.25) is 5.91 Å².